The zero-order chi connectivity index (χ0) is 14.8. The molecule has 3 nitrogen and oxygen atoms in total. The van der Waals surface area contributed by atoms with Crippen molar-refractivity contribution in [2.45, 2.75) is 13.8 Å². The summed E-state index contributed by atoms with van der Waals surface area (Å²) >= 11 is 0. The van der Waals surface area contributed by atoms with Crippen molar-refractivity contribution in [3.8, 4) is 16.9 Å². The Morgan fingerprint density at radius 1 is 1.00 bits per heavy atom. The molecule has 2 aromatic carbocycles. The molecule has 3 rings (SSSR count). The summed E-state index contributed by atoms with van der Waals surface area (Å²) in [6.07, 6.45) is 0. The van der Waals surface area contributed by atoms with Gasteiger partial charge in [0.1, 0.15) is 5.75 Å². The molecule has 3 heteroatoms. The summed E-state index contributed by atoms with van der Waals surface area (Å²) < 4.78 is 5.43. The zero-order valence-corrected chi connectivity index (χ0v) is 12.6. The highest BCUT2D eigenvalue weighted by Gasteiger charge is 2.13. The van der Waals surface area contributed by atoms with Crippen molar-refractivity contribution in [1.82, 2.24) is 0 Å². The van der Waals surface area contributed by atoms with Crippen LogP contribution in [0.2, 0.25) is 0 Å². The summed E-state index contributed by atoms with van der Waals surface area (Å²) in [5.41, 5.74) is 5.89. The van der Waals surface area contributed by atoms with E-state index >= 15 is 0 Å². The minimum Gasteiger partial charge on any atom is -0.508 e. The van der Waals surface area contributed by atoms with Crippen molar-refractivity contribution < 1.29 is 9.84 Å². The van der Waals surface area contributed by atoms with Gasteiger partial charge in [-0.15, -0.1) is 0 Å². The number of phenolic OH excluding ortho intramolecular Hbond substituents is 1. The Hall–Kier alpha value is -2.00. The van der Waals surface area contributed by atoms with Crippen molar-refractivity contribution >= 4 is 5.69 Å². The van der Waals surface area contributed by atoms with Crippen LogP contribution in [0.25, 0.3) is 11.1 Å². The van der Waals surface area contributed by atoms with Crippen LogP contribution in [0, 0.1) is 13.8 Å². The van der Waals surface area contributed by atoms with Crippen molar-refractivity contribution in [3.63, 3.8) is 0 Å². The lowest BCUT2D eigenvalue weighted by atomic mass is 9.98. The average Bonchev–Trinajstić information content (AvgIpc) is 2.50. The number of hydrogen-bond acceptors (Lipinski definition) is 3. The predicted molar refractivity (Wildman–Crippen MR) is 86.0 cm³/mol. The van der Waals surface area contributed by atoms with Crippen molar-refractivity contribution in [2.75, 3.05) is 31.2 Å². The Kier molecular flexibility index (Phi) is 3.84. The molecule has 0 radical (unpaired) electrons. The van der Waals surface area contributed by atoms with Gasteiger partial charge >= 0.3 is 0 Å². The molecule has 2 aromatic rings. The SMILES string of the molecule is Cc1cc(-c2cc(O)ccc2C)cc(N2CCOCC2)c1. The van der Waals surface area contributed by atoms with Gasteiger partial charge in [0.25, 0.3) is 0 Å². The number of anilines is 1. The molecular formula is C18H21NO2. The van der Waals surface area contributed by atoms with E-state index in [1.54, 1.807) is 6.07 Å². The van der Waals surface area contributed by atoms with Crippen molar-refractivity contribution in [3.05, 3.63) is 47.5 Å². The first kappa shape index (κ1) is 14.0. The second kappa shape index (κ2) is 5.78. The summed E-state index contributed by atoms with van der Waals surface area (Å²) in [6.45, 7) is 7.63. The molecular weight excluding hydrogens is 262 g/mol. The summed E-state index contributed by atoms with van der Waals surface area (Å²) in [6, 6.07) is 12.1. The van der Waals surface area contributed by atoms with Crippen molar-refractivity contribution in [1.29, 1.82) is 0 Å². The van der Waals surface area contributed by atoms with Gasteiger partial charge in [-0.1, -0.05) is 12.1 Å². The maximum absolute atomic E-state index is 9.76. The Morgan fingerprint density at radius 3 is 2.52 bits per heavy atom. The van der Waals surface area contributed by atoms with Gasteiger partial charge < -0.3 is 14.7 Å². The van der Waals surface area contributed by atoms with Crippen LogP contribution in [0.5, 0.6) is 5.75 Å². The molecule has 0 amide bonds. The van der Waals surface area contributed by atoms with Gasteiger partial charge in [-0.25, -0.2) is 0 Å². The van der Waals surface area contributed by atoms with Crippen LogP contribution in [0.1, 0.15) is 11.1 Å². The van der Waals surface area contributed by atoms with Gasteiger partial charge in [-0.3, -0.25) is 0 Å². The zero-order valence-electron chi connectivity index (χ0n) is 12.6. The smallest absolute Gasteiger partial charge is 0.116 e. The van der Waals surface area contributed by atoms with E-state index in [0.717, 1.165) is 37.4 Å². The summed E-state index contributed by atoms with van der Waals surface area (Å²) in [7, 11) is 0. The van der Waals surface area contributed by atoms with E-state index in [9.17, 15) is 5.11 Å². The van der Waals surface area contributed by atoms with E-state index in [2.05, 4.69) is 36.9 Å². The molecule has 1 saturated heterocycles. The largest absolute Gasteiger partial charge is 0.508 e. The number of ether oxygens (including phenoxy) is 1. The Labute approximate surface area is 125 Å². The van der Waals surface area contributed by atoms with Crippen LogP contribution in [0.15, 0.2) is 36.4 Å². The van der Waals surface area contributed by atoms with E-state index in [-0.39, 0.29) is 0 Å². The van der Waals surface area contributed by atoms with Crippen LogP contribution < -0.4 is 4.90 Å². The molecule has 0 aromatic heterocycles. The normalized spacial score (nSPS) is 15.2. The molecule has 0 bridgehead atoms. The molecule has 1 heterocycles. The highest BCUT2D eigenvalue weighted by molar-refractivity contribution is 5.73. The number of nitrogens with zero attached hydrogens (tertiary/aromatic N) is 1. The van der Waals surface area contributed by atoms with Gasteiger partial charge in [0.05, 0.1) is 13.2 Å². The second-order valence-corrected chi connectivity index (χ2v) is 5.66. The second-order valence-electron chi connectivity index (χ2n) is 5.66. The van der Waals surface area contributed by atoms with E-state index in [1.165, 1.54) is 16.8 Å². The van der Waals surface area contributed by atoms with E-state index in [0.29, 0.717) is 5.75 Å². The van der Waals surface area contributed by atoms with Crippen LogP contribution in [0.4, 0.5) is 5.69 Å². The predicted octanol–water partition coefficient (Wildman–Crippen LogP) is 3.51. The highest BCUT2D eigenvalue weighted by atomic mass is 16.5. The minimum atomic E-state index is 0.310. The number of benzene rings is 2. The number of hydrogen-bond donors (Lipinski definition) is 1. The fourth-order valence-electron chi connectivity index (χ4n) is 2.84. The molecule has 21 heavy (non-hydrogen) atoms. The van der Waals surface area contributed by atoms with Gasteiger partial charge in [-0.05, 0) is 60.4 Å². The number of aromatic hydroxyl groups is 1. The topological polar surface area (TPSA) is 32.7 Å². The highest BCUT2D eigenvalue weighted by Crippen LogP contribution is 2.31. The van der Waals surface area contributed by atoms with Crippen LogP contribution in [-0.4, -0.2) is 31.4 Å². The third-order valence-electron chi connectivity index (χ3n) is 3.97. The van der Waals surface area contributed by atoms with Gasteiger partial charge in [-0.2, -0.15) is 0 Å². The Morgan fingerprint density at radius 2 is 1.76 bits per heavy atom. The summed E-state index contributed by atoms with van der Waals surface area (Å²) in [5, 5.41) is 9.76. The number of aryl methyl sites for hydroxylation is 2. The van der Waals surface area contributed by atoms with Gasteiger partial charge in [0.2, 0.25) is 0 Å². The molecule has 1 N–H and O–H groups in total. The molecule has 0 aliphatic carbocycles. The third kappa shape index (κ3) is 3.03. The Bertz CT molecular complexity index is 646. The van der Waals surface area contributed by atoms with Crippen molar-refractivity contribution in [2.24, 2.45) is 0 Å². The first-order valence-corrected chi connectivity index (χ1v) is 7.38. The standard InChI is InChI=1S/C18H21NO2/c1-13-9-15(18-12-17(20)4-3-14(18)2)11-16(10-13)19-5-7-21-8-6-19/h3-4,9-12,20H,5-8H2,1-2H3. The lowest BCUT2D eigenvalue weighted by Gasteiger charge is -2.29. The van der Waals surface area contributed by atoms with E-state index in [1.807, 2.05) is 12.1 Å². The first-order valence-electron chi connectivity index (χ1n) is 7.38. The molecule has 0 atom stereocenters. The molecule has 0 spiro atoms. The first-order chi connectivity index (χ1) is 10.1. The molecule has 1 aliphatic heterocycles. The molecule has 110 valence electrons. The number of morpholine rings is 1. The Balaban J connectivity index is 2.02. The van der Waals surface area contributed by atoms with Crippen LogP contribution in [0.3, 0.4) is 0 Å². The summed E-state index contributed by atoms with van der Waals surface area (Å²) in [5.74, 6) is 0.310. The lowest BCUT2D eigenvalue weighted by Crippen LogP contribution is -2.36. The monoisotopic (exact) mass is 283 g/mol. The van der Waals surface area contributed by atoms with Gasteiger partial charge in [0.15, 0.2) is 0 Å². The lowest BCUT2D eigenvalue weighted by molar-refractivity contribution is 0.122. The van der Waals surface area contributed by atoms with E-state index in [4.69, 9.17) is 4.74 Å². The summed E-state index contributed by atoms with van der Waals surface area (Å²) in [4.78, 5) is 2.36. The number of rotatable bonds is 2. The fourth-order valence-corrected chi connectivity index (χ4v) is 2.84. The molecule has 1 fully saturated rings. The fraction of sp³-hybridized carbons (Fsp3) is 0.333. The molecule has 0 unspecified atom stereocenters. The molecule has 0 saturated carbocycles. The van der Waals surface area contributed by atoms with Gasteiger partial charge in [0, 0.05) is 18.8 Å². The maximum atomic E-state index is 9.76. The maximum Gasteiger partial charge on any atom is 0.116 e. The minimum absolute atomic E-state index is 0.310. The third-order valence-corrected chi connectivity index (χ3v) is 3.97. The van der Waals surface area contributed by atoms with Crippen LogP contribution in [-0.2, 0) is 4.74 Å². The average molecular weight is 283 g/mol. The van der Waals surface area contributed by atoms with Crippen LogP contribution >= 0.6 is 0 Å². The quantitative estimate of drug-likeness (QED) is 0.915. The van der Waals surface area contributed by atoms with E-state index < -0.39 is 0 Å². The number of phenols is 1. The molecule has 1 aliphatic rings.